The van der Waals surface area contributed by atoms with Crippen molar-refractivity contribution in [3.05, 3.63) is 54.3 Å². The lowest BCUT2D eigenvalue weighted by Crippen LogP contribution is -2.43. The van der Waals surface area contributed by atoms with Crippen LogP contribution in [0.15, 0.2) is 53.4 Å². The number of anilines is 2. The van der Waals surface area contributed by atoms with Crippen LogP contribution in [-0.2, 0) is 14.8 Å². The number of hydrogen-bond acceptors (Lipinski definition) is 4. The summed E-state index contributed by atoms with van der Waals surface area (Å²) < 4.78 is 39.8. The van der Waals surface area contributed by atoms with Crippen LogP contribution in [0.2, 0.25) is 0 Å². The van der Waals surface area contributed by atoms with E-state index in [0.29, 0.717) is 30.8 Å². The summed E-state index contributed by atoms with van der Waals surface area (Å²) in [6, 6.07) is 11.6. The molecular formula is C18H20FN3O3S. The SMILES string of the molecule is Nc1ccccc1NC(=O)C1CCCN(S(=O)(=O)c2ccc(F)cc2)C1. The molecule has 1 saturated heterocycles. The van der Waals surface area contributed by atoms with Gasteiger partial charge in [0.2, 0.25) is 15.9 Å². The monoisotopic (exact) mass is 377 g/mol. The fraction of sp³-hybridized carbons (Fsp3) is 0.278. The molecule has 3 rings (SSSR count). The van der Waals surface area contributed by atoms with E-state index in [-0.39, 0.29) is 17.3 Å². The normalized spacial score (nSPS) is 18.4. The summed E-state index contributed by atoms with van der Waals surface area (Å²) in [5.74, 6) is -1.24. The molecule has 1 aliphatic heterocycles. The first-order valence-electron chi connectivity index (χ1n) is 8.29. The second-order valence-corrected chi connectivity index (χ2v) is 8.17. The number of sulfonamides is 1. The van der Waals surface area contributed by atoms with Gasteiger partial charge in [0.05, 0.1) is 22.2 Å². The predicted octanol–water partition coefficient (Wildman–Crippen LogP) is 2.45. The Morgan fingerprint density at radius 1 is 1.15 bits per heavy atom. The number of benzene rings is 2. The number of halogens is 1. The van der Waals surface area contributed by atoms with E-state index >= 15 is 0 Å². The van der Waals surface area contributed by atoms with E-state index in [0.717, 1.165) is 12.1 Å². The maximum atomic E-state index is 13.1. The Labute approximate surface area is 151 Å². The first-order chi connectivity index (χ1) is 12.4. The lowest BCUT2D eigenvalue weighted by molar-refractivity contribution is -0.120. The van der Waals surface area contributed by atoms with Gasteiger partial charge in [-0.25, -0.2) is 12.8 Å². The van der Waals surface area contributed by atoms with Crippen LogP contribution in [0.4, 0.5) is 15.8 Å². The van der Waals surface area contributed by atoms with Gasteiger partial charge in [-0.05, 0) is 49.2 Å². The summed E-state index contributed by atoms with van der Waals surface area (Å²) in [5, 5.41) is 2.76. The molecule has 0 aliphatic carbocycles. The second-order valence-electron chi connectivity index (χ2n) is 6.23. The van der Waals surface area contributed by atoms with E-state index in [4.69, 9.17) is 5.73 Å². The molecular weight excluding hydrogens is 357 g/mol. The average Bonchev–Trinajstić information content (AvgIpc) is 2.64. The average molecular weight is 377 g/mol. The number of carbonyl (C=O) groups is 1. The number of nitrogen functional groups attached to an aromatic ring is 1. The zero-order chi connectivity index (χ0) is 18.7. The molecule has 138 valence electrons. The van der Waals surface area contributed by atoms with Crippen molar-refractivity contribution in [3.63, 3.8) is 0 Å². The maximum Gasteiger partial charge on any atom is 0.243 e. The van der Waals surface area contributed by atoms with Crippen LogP contribution in [0, 0.1) is 11.7 Å². The Hall–Kier alpha value is -2.45. The van der Waals surface area contributed by atoms with Gasteiger partial charge >= 0.3 is 0 Å². The number of nitrogens with two attached hydrogens (primary N) is 1. The van der Waals surface area contributed by atoms with Crippen LogP contribution in [-0.4, -0.2) is 31.7 Å². The highest BCUT2D eigenvalue weighted by atomic mass is 32.2. The van der Waals surface area contributed by atoms with Gasteiger partial charge in [-0.15, -0.1) is 0 Å². The van der Waals surface area contributed by atoms with E-state index in [1.54, 1.807) is 24.3 Å². The summed E-state index contributed by atoms with van der Waals surface area (Å²) in [7, 11) is -3.76. The van der Waals surface area contributed by atoms with E-state index in [9.17, 15) is 17.6 Å². The molecule has 1 aliphatic rings. The van der Waals surface area contributed by atoms with Crippen molar-refractivity contribution in [1.82, 2.24) is 4.31 Å². The Morgan fingerprint density at radius 3 is 2.54 bits per heavy atom. The van der Waals surface area contributed by atoms with Crippen molar-refractivity contribution < 1.29 is 17.6 Å². The van der Waals surface area contributed by atoms with Gasteiger partial charge in [0.15, 0.2) is 0 Å². The van der Waals surface area contributed by atoms with Crippen molar-refractivity contribution in [3.8, 4) is 0 Å². The van der Waals surface area contributed by atoms with E-state index in [1.807, 2.05) is 0 Å². The molecule has 0 saturated carbocycles. The lowest BCUT2D eigenvalue weighted by atomic mass is 9.98. The molecule has 0 bridgehead atoms. The Balaban J connectivity index is 1.73. The zero-order valence-corrected chi connectivity index (χ0v) is 14.9. The van der Waals surface area contributed by atoms with Gasteiger partial charge in [0.25, 0.3) is 0 Å². The minimum Gasteiger partial charge on any atom is -0.397 e. The number of rotatable bonds is 4. The third-order valence-corrected chi connectivity index (χ3v) is 6.30. The van der Waals surface area contributed by atoms with Gasteiger partial charge in [0.1, 0.15) is 5.82 Å². The number of hydrogen-bond donors (Lipinski definition) is 2. The molecule has 1 unspecified atom stereocenters. The van der Waals surface area contributed by atoms with Crippen molar-refractivity contribution in [2.24, 2.45) is 5.92 Å². The Morgan fingerprint density at radius 2 is 1.85 bits per heavy atom. The highest BCUT2D eigenvalue weighted by Crippen LogP contribution is 2.26. The van der Waals surface area contributed by atoms with Gasteiger partial charge in [-0.2, -0.15) is 4.31 Å². The third-order valence-electron chi connectivity index (χ3n) is 4.42. The molecule has 1 amide bonds. The molecule has 6 nitrogen and oxygen atoms in total. The van der Waals surface area contributed by atoms with Crippen molar-refractivity contribution in [1.29, 1.82) is 0 Å². The number of carbonyl (C=O) groups excluding carboxylic acids is 1. The summed E-state index contributed by atoms with van der Waals surface area (Å²) in [6.07, 6.45) is 1.16. The molecule has 8 heteroatoms. The van der Waals surface area contributed by atoms with Gasteiger partial charge in [0, 0.05) is 13.1 Å². The molecule has 1 heterocycles. The maximum absolute atomic E-state index is 13.1. The standard InChI is InChI=1S/C18H20FN3O3S/c19-14-7-9-15(10-8-14)26(24,25)22-11-3-4-13(12-22)18(23)21-17-6-2-1-5-16(17)20/h1-2,5-10,13H,3-4,11-12,20H2,(H,21,23). The molecule has 2 aromatic rings. The summed E-state index contributed by atoms with van der Waals surface area (Å²) in [6.45, 7) is 0.412. The van der Waals surface area contributed by atoms with Crippen molar-refractivity contribution >= 4 is 27.3 Å². The van der Waals surface area contributed by atoms with Crippen LogP contribution in [0.25, 0.3) is 0 Å². The highest BCUT2D eigenvalue weighted by molar-refractivity contribution is 7.89. The minimum atomic E-state index is -3.76. The molecule has 0 aromatic heterocycles. The first kappa shape index (κ1) is 18.3. The molecule has 1 atom stereocenters. The van der Waals surface area contributed by atoms with Crippen LogP contribution < -0.4 is 11.1 Å². The van der Waals surface area contributed by atoms with Crippen LogP contribution in [0.5, 0.6) is 0 Å². The molecule has 3 N–H and O–H groups in total. The molecule has 1 fully saturated rings. The number of para-hydroxylation sites is 2. The first-order valence-corrected chi connectivity index (χ1v) is 9.73. The number of nitrogens with one attached hydrogen (secondary N) is 1. The largest absolute Gasteiger partial charge is 0.397 e. The Bertz CT molecular complexity index is 900. The predicted molar refractivity (Wildman–Crippen MR) is 97.4 cm³/mol. The van der Waals surface area contributed by atoms with E-state index in [1.165, 1.54) is 16.4 Å². The van der Waals surface area contributed by atoms with Crippen LogP contribution in [0.3, 0.4) is 0 Å². The van der Waals surface area contributed by atoms with E-state index < -0.39 is 21.8 Å². The smallest absolute Gasteiger partial charge is 0.243 e. The molecule has 0 spiro atoms. The Kier molecular flexibility index (Phi) is 5.24. The zero-order valence-electron chi connectivity index (χ0n) is 14.1. The van der Waals surface area contributed by atoms with E-state index in [2.05, 4.69) is 5.32 Å². The van der Waals surface area contributed by atoms with Gasteiger partial charge in [-0.1, -0.05) is 12.1 Å². The fourth-order valence-electron chi connectivity index (χ4n) is 2.98. The highest BCUT2D eigenvalue weighted by Gasteiger charge is 2.33. The summed E-state index contributed by atoms with van der Waals surface area (Å²) in [5.41, 5.74) is 6.79. The summed E-state index contributed by atoms with van der Waals surface area (Å²) in [4.78, 5) is 12.6. The number of nitrogens with zero attached hydrogens (tertiary/aromatic N) is 1. The molecule has 2 aromatic carbocycles. The molecule has 26 heavy (non-hydrogen) atoms. The lowest BCUT2D eigenvalue weighted by Gasteiger charge is -2.31. The third kappa shape index (κ3) is 3.86. The fourth-order valence-corrected chi connectivity index (χ4v) is 4.50. The quantitative estimate of drug-likeness (QED) is 0.801. The van der Waals surface area contributed by atoms with Crippen LogP contribution >= 0.6 is 0 Å². The topological polar surface area (TPSA) is 92.5 Å². The van der Waals surface area contributed by atoms with Crippen molar-refractivity contribution in [2.75, 3.05) is 24.1 Å². The molecule has 0 radical (unpaired) electrons. The number of piperidine rings is 1. The summed E-state index contributed by atoms with van der Waals surface area (Å²) >= 11 is 0. The second kappa shape index (κ2) is 7.43. The van der Waals surface area contributed by atoms with Crippen LogP contribution in [0.1, 0.15) is 12.8 Å². The minimum absolute atomic E-state index is 0.0206. The van der Waals surface area contributed by atoms with Gasteiger partial charge < -0.3 is 11.1 Å². The van der Waals surface area contributed by atoms with Crippen molar-refractivity contribution in [2.45, 2.75) is 17.7 Å². The van der Waals surface area contributed by atoms with Gasteiger partial charge in [-0.3, -0.25) is 4.79 Å². The number of amides is 1.